The van der Waals surface area contributed by atoms with Crippen molar-refractivity contribution < 1.29 is 27.3 Å². The third kappa shape index (κ3) is 4.52. The summed E-state index contributed by atoms with van der Waals surface area (Å²) in [5.74, 6) is -1.19. The van der Waals surface area contributed by atoms with E-state index in [1.165, 1.54) is 6.26 Å². The Bertz CT molecular complexity index is 531. The van der Waals surface area contributed by atoms with Gasteiger partial charge in [0, 0.05) is 34.5 Å². The van der Waals surface area contributed by atoms with Crippen molar-refractivity contribution in [3.05, 3.63) is 29.3 Å². The first-order valence-electron chi connectivity index (χ1n) is 5.62. The first-order chi connectivity index (χ1) is 9.11. The van der Waals surface area contributed by atoms with Crippen LogP contribution in [0.2, 0.25) is 0 Å². The van der Waals surface area contributed by atoms with Crippen molar-refractivity contribution in [2.24, 2.45) is 0 Å². The van der Waals surface area contributed by atoms with E-state index in [-0.39, 0.29) is 17.5 Å². The van der Waals surface area contributed by atoms with Gasteiger partial charge in [-0.2, -0.15) is 13.2 Å². The number of aromatic carboxylic acids is 1. The molecule has 0 spiro atoms. The lowest BCUT2D eigenvalue weighted by molar-refractivity contribution is -0.137. The van der Waals surface area contributed by atoms with Gasteiger partial charge in [0.05, 0.1) is 11.1 Å². The summed E-state index contributed by atoms with van der Waals surface area (Å²) in [6.07, 6.45) is -3.11. The van der Waals surface area contributed by atoms with E-state index >= 15 is 0 Å². The summed E-state index contributed by atoms with van der Waals surface area (Å²) in [7, 11) is -1.10. The predicted octanol–water partition coefficient (Wildman–Crippen LogP) is 2.58. The molecular weight excluding hydrogens is 295 g/mol. The number of hydrogen-bond acceptors (Lipinski definition) is 3. The van der Waals surface area contributed by atoms with Crippen LogP contribution >= 0.6 is 0 Å². The lowest BCUT2D eigenvalue weighted by Crippen LogP contribution is -2.23. The molecule has 2 unspecified atom stereocenters. The van der Waals surface area contributed by atoms with Gasteiger partial charge in [-0.25, -0.2) is 4.79 Å². The van der Waals surface area contributed by atoms with Crippen LogP contribution in [0.4, 0.5) is 18.9 Å². The average Bonchev–Trinajstić information content (AvgIpc) is 2.26. The molecule has 1 rings (SSSR count). The quantitative estimate of drug-likeness (QED) is 0.877. The molecule has 0 aliphatic carbocycles. The second-order valence-corrected chi connectivity index (χ2v) is 5.83. The SMILES string of the molecule is CC(CS(C)=O)Nc1ccc(C(F)(F)F)cc1C(=O)O. The van der Waals surface area contributed by atoms with Crippen molar-refractivity contribution in [2.45, 2.75) is 19.1 Å². The molecule has 112 valence electrons. The number of alkyl halides is 3. The first kappa shape index (κ1) is 16.5. The minimum absolute atomic E-state index is 0.0726. The number of hydrogen-bond donors (Lipinski definition) is 2. The van der Waals surface area contributed by atoms with Gasteiger partial charge < -0.3 is 10.4 Å². The summed E-state index contributed by atoms with van der Waals surface area (Å²) >= 11 is 0. The highest BCUT2D eigenvalue weighted by atomic mass is 32.2. The van der Waals surface area contributed by atoms with Crippen LogP contribution in [0.15, 0.2) is 18.2 Å². The van der Waals surface area contributed by atoms with Gasteiger partial charge in [-0.05, 0) is 25.1 Å². The molecule has 0 aliphatic rings. The maximum atomic E-state index is 12.5. The molecule has 2 N–H and O–H groups in total. The van der Waals surface area contributed by atoms with Crippen LogP contribution < -0.4 is 5.32 Å². The zero-order valence-corrected chi connectivity index (χ0v) is 11.6. The van der Waals surface area contributed by atoms with Gasteiger partial charge >= 0.3 is 12.1 Å². The van der Waals surface area contributed by atoms with Gasteiger partial charge in [0.25, 0.3) is 0 Å². The maximum absolute atomic E-state index is 12.5. The Balaban J connectivity index is 3.08. The fourth-order valence-electron chi connectivity index (χ4n) is 1.68. The molecule has 0 heterocycles. The number of anilines is 1. The van der Waals surface area contributed by atoms with Gasteiger partial charge in [-0.1, -0.05) is 0 Å². The van der Waals surface area contributed by atoms with E-state index in [4.69, 9.17) is 5.11 Å². The van der Waals surface area contributed by atoms with Gasteiger partial charge in [0.15, 0.2) is 0 Å². The molecule has 0 aliphatic heterocycles. The van der Waals surface area contributed by atoms with Gasteiger partial charge in [0.2, 0.25) is 0 Å². The molecule has 0 saturated carbocycles. The Morgan fingerprint density at radius 2 is 2.05 bits per heavy atom. The van der Waals surface area contributed by atoms with E-state index < -0.39 is 34.1 Å². The van der Waals surface area contributed by atoms with Gasteiger partial charge in [0.1, 0.15) is 0 Å². The Morgan fingerprint density at radius 3 is 2.50 bits per heavy atom. The highest BCUT2D eigenvalue weighted by Gasteiger charge is 2.31. The van der Waals surface area contributed by atoms with E-state index in [2.05, 4.69) is 5.32 Å². The molecule has 0 aromatic heterocycles. The summed E-state index contributed by atoms with van der Waals surface area (Å²) in [5, 5.41) is 11.7. The molecule has 20 heavy (non-hydrogen) atoms. The monoisotopic (exact) mass is 309 g/mol. The molecule has 2 atom stereocenters. The fraction of sp³-hybridized carbons (Fsp3) is 0.417. The summed E-state index contributed by atoms with van der Waals surface area (Å²) in [5.41, 5.74) is -1.41. The lowest BCUT2D eigenvalue weighted by Gasteiger charge is -2.17. The standard InChI is InChI=1S/C12H14F3NO3S/c1-7(6-20(2)19)16-10-4-3-8(12(13,14)15)5-9(10)11(17)18/h3-5,7,16H,6H2,1-2H3,(H,17,18). The van der Waals surface area contributed by atoms with Crippen molar-refractivity contribution in [3.8, 4) is 0 Å². The minimum atomic E-state index is -4.60. The zero-order valence-electron chi connectivity index (χ0n) is 10.8. The number of halogens is 3. The van der Waals surface area contributed by atoms with Gasteiger partial charge in [-0.15, -0.1) is 0 Å². The van der Waals surface area contributed by atoms with E-state index in [0.717, 1.165) is 12.1 Å². The van der Waals surface area contributed by atoms with Crippen LogP contribution in [0.25, 0.3) is 0 Å². The molecule has 0 amide bonds. The molecule has 0 fully saturated rings. The number of carboxylic acids is 1. The van der Waals surface area contributed by atoms with Crippen LogP contribution in [0, 0.1) is 0 Å². The summed E-state index contributed by atoms with van der Waals surface area (Å²) in [6.45, 7) is 1.67. The molecular formula is C12H14F3NO3S. The third-order valence-electron chi connectivity index (χ3n) is 2.46. The Labute approximate surface area is 116 Å². The Hall–Kier alpha value is -1.57. The highest BCUT2D eigenvalue weighted by molar-refractivity contribution is 7.84. The number of carboxylic acid groups (broad SMARTS) is 1. The summed E-state index contributed by atoms with van der Waals surface area (Å²) in [4.78, 5) is 11.0. The topological polar surface area (TPSA) is 66.4 Å². The second-order valence-electron chi connectivity index (χ2n) is 4.35. The lowest BCUT2D eigenvalue weighted by atomic mass is 10.1. The van der Waals surface area contributed by atoms with Crippen molar-refractivity contribution in [3.63, 3.8) is 0 Å². The molecule has 0 radical (unpaired) electrons. The second kappa shape index (κ2) is 6.25. The summed E-state index contributed by atoms with van der Waals surface area (Å²) in [6, 6.07) is 2.14. The van der Waals surface area contributed by atoms with Crippen LogP contribution in [0.1, 0.15) is 22.8 Å². The molecule has 4 nitrogen and oxygen atoms in total. The van der Waals surface area contributed by atoms with Crippen molar-refractivity contribution in [1.82, 2.24) is 0 Å². The van der Waals surface area contributed by atoms with E-state index in [1.54, 1.807) is 6.92 Å². The zero-order chi connectivity index (χ0) is 15.5. The molecule has 1 aromatic rings. The smallest absolute Gasteiger partial charge is 0.416 e. The van der Waals surface area contributed by atoms with Crippen LogP contribution in [-0.2, 0) is 17.0 Å². The normalized spacial score (nSPS) is 14.7. The van der Waals surface area contributed by atoms with Crippen molar-refractivity contribution >= 4 is 22.5 Å². The number of benzene rings is 1. The van der Waals surface area contributed by atoms with E-state index in [9.17, 15) is 22.2 Å². The molecule has 1 aromatic carbocycles. The first-order valence-corrected chi connectivity index (χ1v) is 7.35. The summed E-state index contributed by atoms with van der Waals surface area (Å²) < 4.78 is 48.7. The fourth-order valence-corrected chi connectivity index (χ4v) is 2.47. The number of rotatable bonds is 5. The van der Waals surface area contributed by atoms with Crippen molar-refractivity contribution in [2.75, 3.05) is 17.3 Å². The van der Waals surface area contributed by atoms with E-state index in [1.807, 2.05) is 0 Å². The minimum Gasteiger partial charge on any atom is -0.478 e. The van der Waals surface area contributed by atoms with Crippen LogP contribution in [-0.4, -0.2) is 33.3 Å². The Morgan fingerprint density at radius 1 is 1.45 bits per heavy atom. The Kier molecular flexibility index (Phi) is 5.15. The molecule has 0 bridgehead atoms. The van der Waals surface area contributed by atoms with Crippen LogP contribution in [0.3, 0.4) is 0 Å². The van der Waals surface area contributed by atoms with Crippen molar-refractivity contribution in [1.29, 1.82) is 0 Å². The van der Waals surface area contributed by atoms with Gasteiger partial charge in [-0.3, -0.25) is 4.21 Å². The van der Waals surface area contributed by atoms with E-state index in [0.29, 0.717) is 6.07 Å². The maximum Gasteiger partial charge on any atom is 0.416 e. The molecule has 8 heteroatoms. The highest BCUT2D eigenvalue weighted by Crippen LogP contribution is 2.32. The average molecular weight is 309 g/mol. The number of carbonyl (C=O) groups is 1. The largest absolute Gasteiger partial charge is 0.478 e. The number of nitrogens with one attached hydrogen (secondary N) is 1. The third-order valence-corrected chi connectivity index (χ3v) is 3.43. The predicted molar refractivity (Wildman–Crippen MR) is 70.4 cm³/mol. The van der Waals surface area contributed by atoms with Crippen LogP contribution in [0.5, 0.6) is 0 Å². The molecule has 0 saturated heterocycles.